The van der Waals surface area contributed by atoms with Gasteiger partial charge in [0, 0.05) is 16.8 Å². The van der Waals surface area contributed by atoms with Crippen molar-refractivity contribution in [3.63, 3.8) is 0 Å². The minimum absolute atomic E-state index is 0.0346. The van der Waals surface area contributed by atoms with E-state index < -0.39 is 0 Å². The highest BCUT2D eigenvalue weighted by molar-refractivity contribution is 5.95. The Labute approximate surface area is 132 Å². The fourth-order valence-electron chi connectivity index (χ4n) is 2.13. The number of anilines is 2. The van der Waals surface area contributed by atoms with Gasteiger partial charge in [0.15, 0.2) is 11.5 Å². The number of nitrogens with one attached hydrogen (secondary N) is 2. The zero-order valence-electron chi connectivity index (χ0n) is 12.4. The van der Waals surface area contributed by atoms with Gasteiger partial charge in [0.2, 0.25) is 5.95 Å². The number of ketones is 1. The highest BCUT2D eigenvalue weighted by Gasteiger charge is 2.08. The largest absolute Gasteiger partial charge is 0.324 e. The van der Waals surface area contributed by atoms with Gasteiger partial charge in [-0.05, 0) is 19.1 Å². The number of hydrogen-bond acceptors (Lipinski definition) is 5. The molecule has 1 heterocycles. The molecule has 0 fully saturated rings. The predicted octanol–water partition coefficient (Wildman–Crippen LogP) is 2.78. The molecule has 0 saturated carbocycles. The number of carbonyl (C=O) groups is 1. The lowest BCUT2D eigenvalue weighted by Gasteiger charge is -2.06. The first-order valence-corrected chi connectivity index (χ1v) is 7.04. The molecule has 6 heteroatoms. The van der Waals surface area contributed by atoms with Crippen molar-refractivity contribution in [2.24, 2.45) is 0 Å². The summed E-state index contributed by atoms with van der Waals surface area (Å²) in [5, 5.41) is 10.9. The molecule has 0 spiro atoms. The standard InChI is InChI=1S/C17H14N4O2/c1-11(22)13-8-5-9-14(10-13)18-17-19-16(23)15(20-21-17)12-6-3-2-4-7-12/h2-10H,1H3,(H2,18,19,21,23). The van der Waals surface area contributed by atoms with E-state index in [4.69, 9.17) is 0 Å². The summed E-state index contributed by atoms with van der Waals surface area (Å²) in [5.74, 6) is 0.183. The number of aromatic amines is 1. The zero-order chi connectivity index (χ0) is 16.2. The summed E-state index contributed by atoms with van der Waals surface area (Å²) in [4.78, 5) is 26.2. The van der Waals surface area contributed by atoms with E-state index in [0.717, 1.165) is 0 Å². The number of hydrogen-bond donors (Lipinski definition) is 2. The van der Waals surface area contributed by atoms with E-state index in [2.05, 4.69) is 20.5 Å². The van der Waals surface area contributed by atoms with Crippen LogP contribution < -0.4 is 10.9 Å². The minimum Gasteiger partial charge on any atom is -0.324 e. The molecule has 0 aliphatic carbocycles. The summed E-state index contributed by atoms with van der Waals surface area (Å²) >= 11 is 0. The highest BCUT2D eigenvalue weighted by atomic mass is 16.1. The minimum atomic E-state index is -0.337. The van der Waals surface area contributed by atoms with Crippen LogP contribution in [-0.2, 0) is 0 Å². The maximum atomic E-state index is 12.2. The lowest BCUT2D eigenvalue weighted by Crippen LogP contribution is -2.15. The van der Waals surface area contributed by atoms with Crippen LogP contribution in [0.2, 0.25) is 0 Å². The van der Waals surface area contributed by atoms with Crippen LogP contribution in [0.15, 0.2) is 59.4 Å². The molecule has 3 aromatic rings. The Morgan fingerprint density at radius 1 is 1.04 bits per heavy atom. The molecular formula is C17H14N4O2. The molecule has 0 radical (unpaired) electrons. The van der Waals surface area contributed by atoms with Crippen molar-refractivity contribution in [3.8, 4) is 11.3 Å². The van der Waals surface area contributed by atoms with Gasteiger partial charge in [-0.2, -0.15) is 0 Å². The summed E-state index contributed by atoms with van der Waals surface area (Å²) < 4.78 is 0. The first-order valence-electron chi connectivity index (χ1n) is 7.04. The highest BCUT2D eigenvalue weighted by Crippen LogP contribution is 2.15. The number of Topliss-reactive ketones (excluding diaryl/α,β-unsaturated/α-hetero) is 1. The van der Waals surface area contributed by atoms with Gasteiger partial charge in [-0.3, -0.25) is 14.6 Å². The Bertz CT molecular complexity index is 904. The summed E-state index contributed by atoms with van der Waals surface area (Å²) in [5.41, 5.74) is 1.85. The van der Waals surface area contributed by atoms with Crippen LogP contribution in [0.3, 0.4) is 0 Å². The van der Waals surface area contributed by atoms with Gasteiger partial charge >= 0.3 is 0 Å². The van der Waals surface area contributed by atoms with Crippen LogP contribution in [0.4, 0.5) is 11.6 Å². The van der Waals surface area contributed by atoms with Crippen molar-refractivity contribution in [3.05, 3.63) is 70.5 Å². The predicted molar refractivity (Wildman–Crippen MR) is 87.8 cm³/mol. The van der Waals surface area contributed by atoms with Crippen molar-refractivity contribution in [2.45, 2.75) is 6.92 Å². The van der Waals surface area contributed by atoms with Gasteiger partial charge < -0.3 is 5.32 Å². The van der Waals surface area contributed by atoms with Crippen molar-refractivity contribution >= 4 is 17.4 Å². The number of rotatable bonds is 4. The molecule has 3 rings (SSSR count). The van der Waals surface area contributed by atoms with Gasteiger partial charge in [-0.15, -0.1) is 10.2 Å². The summed E-state index contributed by atoms with van der Waals surface area (Å²) in [7, 11) is 0. The molecule has 0 aliphatic rings. The summed E-state index contributed by atoms with van der Waals surface area (Å²) in [6, 6.07) is 16.1. The third kappa shape index (κ3) is 3.32. The van der Waals surface area contributed by atoms with Gasteiger partial charge in [0.1, 0.15) is 0 Å². The molecule has 0 amide bonds. The molecule has 6 nitrogen and oxygen atoms in total. The topological polar surface area (TPSA) is 87.7 Å². The summed E-state index contributed by atoms with van der Waals surface area (Å²) in [6.07, 6.45) is 0. The Morgan fingerprint density at radius 3 is 2.52 bits per heavy atom. The molecule has 0 aliphatic heterocycles. The second kappa shape index (κ2) is 6.23. The van der Waals surface area contributed by atoms with Crippen LogP contribution >= 0.6 is 0 Å². The van der Waals surface area contributed by atoms with Gasteiger partial charge in [0.05, 0.1) is 0 Å². The van der Waals surface area contributed by atoms with Crippen LogP contribution in [0.1, 0.15) is 17.3 Å². The van der Waals surface area contributed by atoms with E-state index in [0.29, 0.717) is 16.8 Å². The maximum Gasteiger partial charge on any atom is 0.279 e. The van der Waals surface area contributed by atoms with Crippen LogP contribution in [0, 0.1) is 0 Å². The molecule has 114 valence electrons. The number of carbonyl (C=O) groups excluding carboxylic acids is 1. The normalized spacial score (nSPS) is 10.3. The molecule has 23 heavy (non-hydrogen) atoms. The average molecular weight is 306 g/mol. The quantitative estimate of drug-likeness (QED) is 0.724. The second-order valence-corrected chi connectivity index (χ2v) is 4.98. The Hall–Kier alpha value is -3.28. The van der Waals surface area contributed by atoms with E-state index in [-0.39, 0.29) is 23.0 Å². The lowest BCUT2D eigenvalue weighted by atomic mass is 10.1. The van der Waals surface area contributed by atoms with Crippen molar-refractivity contribution < 1.29 is 4.79 Å². The Morgan fingerprint density at radius 2 is 1.83 bits per heavy atom. The SMILES string of the molecule is CC(=O)c1cccc(Nc2nnc(-c3ccccc3)c(=O)[nH]2)c1. The number of aromatic nitrogens is 3. The molecule has 2 N–H and O–H groups in total. The second-order valence-electron chi connectivity index (χ2n) is 4.98. The molecule has 1 aromatic heterocycles. The van der Waals surface area contributed by atoms with Gasteiger partial charge in [-0.25, -0.2) is 0 Å². The van der Waals surface area contributed by atoms with Crippen molar-refractivity contribution in [2.75, 3.05) is 5.32 Å². The molecule has 0 bridgehead atoms. The van der Waals surface area contributed by atoms with Crippen LogP contribution in [0.5, 0.6) is 0 Å². The third-order valence-corrected chi connectivity index (χ3v) is 3.28. The Balaban J connectivity index is 1.88. The van der Waals surface area contributed by atoms with Crippen molar-refractivity contribution in [1.29, 1.82) is 0 Å². The number of H-pyrrole nitrogens is 1. The van der Waals surface area contributed by atoms with Crippen molar-refractivity contribution in [1.82, 2.24) is 15.2 Å². The maximum absolute atomic E-state index is 12.2. The molecular weight excluding hydrogens is 292 g/mol. The molecule has 0 atom stereocenters. The fraction of sp³-hybridized carbons (Fsp3) is 0.0588. The zero-order valence-corrected chi connectivity index (χ0v) is 12.4. The monoisotopic (exact) mass is 306 g/mol. The van der Waals surface area contributed by atoms with Crippen LogP contribution in [-0.4, -0.2) is 21.0 Å². The van der Waals surface area contributed by atoms with E-state index in [1.807, 2.05) is 18.2 Å². The molecule has 0 unspecified atom stereocenters. The van der Waals surface area contributed by atoms with Gasteiger partial charge in [0.25, 0.3) is 5.56 Å². The number of benzene rings is 2. The van der Waals surface area contributed by atoms with Gasteiger partial charge in [-0.1, -0.05) is 42.5 Å². The summed E-state index contributed by atoms with van der Waals surface area (Å²) in [6.45, 7) is 1.50. The fourth-order valence-corrected chi connectivity index (χ4v) is 2.13. The molecule has 0 saturated heterocycles. The van der Waals surface area contributed by atoms with E-state index in [1.54, 1.807) is 36.4 Å². The average Bonchev–Trinajstić information content (AvgIpc) is 2.56. The smallest absolute Gasteiger partial charge is 0.279 e. The first kappa shape index (κ1) is 14.6. The van der Waals surface area contributed by atoms with E-state index >= 15 is 0 Å². The first-order chi connectivity index (χ1) is 11.1. The van der Waals surface area contributed by atoms with Crippen LogP contribution in [0.25, 0.3) is 11.3 Å². The van der Waals surface area contributed by atoms with E-state index in [1.165, 1.54) is 6.92 Å². The van der Waals surface area contributed by atoms with E-state index in [9.17, 15) is 9.59 Å². The lowest BCUT2D eigenvalue weighted by molar-refractivity contribution is 0.101. The third-order valence-electron chi connectivity index (χ3n) is 3.28. The molecule has 2 aromatic carbocycles. The number of nitrogens with zero attached hydrogens (tertiary/aromatic N) is 2. The Kier molecular flexibility index (Phi) is 3.97.